The van der Waals surface area contributed by atoms with Crippen molar-refractivity contribution in [2.24, 2.45) is 10.1 Å². The number of rotatable bonds is 7. The summed E-state index contributed by atoms with van der Waals surface area (Å²) in [6.45, 7) is 10.6. The number of nitrogens with one attached hydrogen (secondary N) is 1. The number of carbonyl (C=O) groups excluding carboxylic acids is 1. The van der Waals surface area contributed by atoms with Gasteiger partial charge in [-0.05, 0) is 79.8 Å². The molecule has 3 heterocycles. The van der Waals surface area contributed by atoms with Crippen LogP contribution in [0.3, 0.4) is 0 Å². The molecule has 1 aromatic heterocycles. The molecule has 4 rings (SSSR count). The summed E-state index contributed by atoms with van der Waals surface area (Å²) >= 11 is 1.40. The summed E-state index contributed by atoms with van der Waals surface area (Å²) in [5, 5.41) is 16.1. The van der Waals surface area contributed by atoms with E-state index in [2.05, 4.69) is 72.7 Å². The molecule has 2 aliphatic rings. The predicted octanol–water partition coefficient (Wildman–Crippen LogP) is 6.42. The van der Waals surface area contributed by atoms with Crippen molar-refractivity contribution in [1.29, 1.82) is 5.41 Å². The first kappa shape index (κ1) is 23.2. The Morgan fingerprint density at radius 1 is 1.15 bits per heavy atom. The highest BCUT2D eigenvalue weighted by molar-refractivity contribution is 8.26. The Kier molecular flexibility index (Phi) is 6.70. The van der Waals surface area contributed by atoms with Crippen molar-refractivity contribution in [3.63, 3.8) is 0 Å². The molecular weight excluding hydrogens is 430 g/mol. The Morgan fingerprint density at radius 2 is 1.88 bits per heavy atom. The van der Waals surface area contributed by atoms with E-state index >= 15 is 0 Å². The van der Waals surface area contributed by atoms with Crippen LogP contribution in [0.1, 0.15) is 74.9 Å². The monoisotopic (exact) mass is 461 g/mol. The maximum atomic E-state index is 12.8. The van der Waals surface area contributed by atoms with Crippen LogP contribution in [-0.4, -0.2) is 31.5 Å². The molecule has 1 amide bonds. The van der Waals surface area contributed by atoms with Gasteiger partial charge in [-0.2, -0.15) is 15.1 Å². The van der Waals surface area contributed by atoms with Gasteiger partial charge in [-0.25, -0.2) is 0 Å². The lowest BCUT2D eigenvalue weighted by molar-refractivity contribution is -0.114. The Labute approximate surface area is 200 Å². The molecule has 0 bridgehead atoms. The quantitative estimate of drug-likeness (QED) is 0.382. The van der Waals surface area contributed by atoms with E-state index < -0.39 is 0 Å². The summed E-state index contributed by atoms with van der Waals surface area (Å²) < 4.78 is 2.18. The molecule has 6 nitrogen and oxygen atoms in total. The standard InChI is InChI=1S/C26H31N5OS/c1-6-7-8-9-23-29-31-24(27)22(25(32)28-26(31)33-23)15-20-14-17(4)30(18(20)5)21-12-10-19(11-13-21)16(2)3/h10-16,27H,6-9H2,1-5H3. The third-order valence-corrected chi connectivity index (χ3v) is 7.05. The van der Waals surface area contributed by atoms with Crippen LogP contribution in [0.2, 0.25) is 0 Å². The lowest BCUT2D eigenvalue weighted by Gasteiger charge is -2.20. The number of aryl methyl sites for hydroxylation is 1. The zero-order chi connectivity index (χ0) is 23.7. The maximum absolute atomic E-state index is 12.8. The molecule has 1 N–H and O–H groups in total. The van der Waals surface area contributed by atoms with Crippen LogP contribution in [-0.2, 0) is 4.79 Å². The Balaban J connectivity index is 1.63. The summed E-state index contributed by atoms with van der Waals surface area (Å²) in [7, 11) is 0. The number of benzene rings is 1. The molecule has 0 spiro atoms. The van der Waals surface area contributed by atoms with Crippen LogP contribution in [0.15, 0.2) is 46.0 Å². The van der Waals surface area contributed by atoms with Crippen LogP contribution in [0.5, 0.6) is 0 Å². The van der Waals surface area contributed by atoms with E-state index in [0.717, 1.165) is 53.4 Å². The largest absolute Gasteiger partial charge is 0.318 e. The van der Waals surface area contributed by atoms with Gasteiger partial charge in [-0.1, -0.05) is 45.7 Å². The minimum absolute atomic E-state index is 0.0917. The summed E-state index contributed by atoms with van der Waals surface area (Å²) in [6.07, 6.45) is 5.97. The first-order chi connectivity index (χ1) is 15.8. The van der Waals surface area contributed by atoms with Crippen molar-refractivity contribution in [3.05, 3.63) is 58.4 Å². The molecule has 0 atom stereocenters. The zero-order valence-electron chi connectivity index (χ0n) is 20.0. The van der Waals surface area contributed by atoms with Crippen LogP contribution >= 0.6 is 11.8 Å². The number of unbranched alkanes of at least 4 members (excludes halogenated alkanes) is 2. The number of carbonyl (C=O) groups is 1. The van der Waals surface area contributed by atoms with Gasteiger partial charge in [0.2, 0.25) is 5.17 Å². The lowest BCUT2D eigenvalue weighted by atomic mass is 10.0. The number of aliphatic imine (C=N–C) groups is 1. The zero-order valence-corrected chi connectivity index (χ0v) is 20.8. The van der Waals surface area contributed by atoms with Gasteiger partial charge in [0, 0.05) is 17.1 Å². The Bertz CT molecular complexity index is 1180. The molecule has 0 saturated heterocycles. The Morgan fingerprint density at radius 3 is 2.55 bits per heavy atom. The highest BCUT2D eigenvalue weighted by Crippen LogP contribution is 2.31. The number of thioether (sulfide) groups is 1. The first-order valence-electron chi connectivity index (χ1n) is 11.6. The molecule has 2 aliphatic heterocycles. The minimum atomic E-state index is -0.380. The normalized spacial score (nSPS) is 17.2. The highest BCUT2D eigenvalue weighted by Gasteiger charge is 2.35. The van der Waals surface area contributed by atoms with Gasteiger partial charge in [-0.15, -0.1) is 0 Å². The molecule has 33 heavy (non-hydrogen) atoms. The van der Waals surface area contributed by atoms with E-state index in [1.807, 2.05) is 6.92 Å². The van der Waals surface area contributed by atoms with Crippen molar-refractivity contribution in [2.45, 2.75) is 66.2 Å². The van der Waals surface area contributed by atoms with Crippen molar-refractivity contribution in [2.75, 3.05) is 0 Å². The van der Waals surface area contributed by atoms with Gasteiger partial charge in [-0.3, -0.25) is 10.2 Å². The van der Waals surface area contributed by atoms with Crippen LogP contribution in [0, 0.1) is 19.3 Å². The summed E-state index contributed by atoms with van der Waals surface area (Å²) in [4.78, 5) is 17.0. The van der Waals surface area contributed by atoms with Crippen molar-refractivity contribution in [3.8, 4) is 5.69 Å². The molecule has 0 saturated carbocycles. The van der Waals surface area contributed by atoms with Crippen LogP contribution < -0.4 is 0 Å². The van der Waals surface area contributed by atoms with E-state index in [4.69, 9.17) is 5.41 Å². The molecule has 1 aromatic carbocycles. The van der Waals surface area contributed by atoms with Gasteiger partial charge in [0.15, 0.2) is 5.84 Å². The first-order valence-corrected chi connectivity index (χ1v) is 12.4. The van der Waals surface area contributed by atoms with E-state index in [0.29, 0.717) is 11.1 Å². The second-order valence-electron chi connectivity index (χ2n) is 8.88. The fraction of sp³-hybridized carbons (Fsp3) is 0.385. The van der Waals surface area contributed by atoms with E-state index in [1.165, 1.54) is 22.3 Å². The number of hydrogen-bond donors (Lipinski definition) is 1. The number of hydrogen-bond acceptors (Lipinski definition) is 4. The maximum Gasteiger partial charge on any atom is 0.283 e. The third-order valence-electron chi connectivity index (χ3n) is 6.08. The van der Waals surface area contributed by atoms with E-state index in [9.17, 15) is 4.79 Å². The molecule has 2 aromatic rings. The van der Waals surface area contributed by atoms with Gasteiger partial charge in [0.1, 0.15) is 5.04 Å². The highest BCUT2D eigenvalue weighted by atomic mass is 32.2. The molecule has 0 radical (unpaired) electrons. The molecule has 0 aliphatic carbocycles. The molecule has 0 fully saturated rings. The molecule has 172 valence electrons. The van der Waals surface area contributed by atoms with Crippen molar-refractivity contribution < 1.29 is 4.79 Å². The number of hydrazone groups is 1. The van der Waals surface area contributed by atoms with Gasteiger partial charge in [0.25, 0.3) is 5.91 Å². The fourth-order valence-corrected chi connectivity index (χ4v) is 5.08. The van der Waals surface area contributed by atoms with Crippen molar-refractivity contribution >= 4 is 39.8 Å². The van der Waals surface area contributed by atoms with Crippen molar-refractivity contribution in [1.82, 2.24) is 9.58 Å². The average molecular weight is 462 g/mol. The summed E-state index contributed by atoms with van der Waals surface area (Å²) in [6, 6.07) is 10.6. The number of amidine groups is 2. The number of aromatic nitrogens is 1. The number of nitrogens with zero attached hydrogens (tertiary/aromatic N) is 4. The van der Waals surface area contributed by atoms with E-state index in [-0.39, 0.29) is 17.3 Å². The van der Waals surface area contributed by atoms with Crippen LogP contribution in [0.4, 0.5) is 0 Å². The fourth-order valence-electron chi connectivity index (χ4n) is 4.15. The molecular formula is C26H31N5OS. The predicted molar refractivity (Wildman–Crippen MR) is 138 cm³/mol. The van der Waals surface area contributed by atoms with Gasteiger partial charge < -0.3 is 4.57 Å². The van der Waals surface area contributed by atoms with Gasteiger partial charge in [0.05, 0.1) is 5.57 Å². The lowest BCUT2D eigenvalue weighted by Crippen LogP contribution is -2.35. The third kappa shape index (κ3) is 4.60. The second kappa shape index (κ2) is 9.51. The van der Waals surface area contributed by atoms with Gasteiger partial charge >= 0.3 is 0 Å². The molecule has 7 heteroatoms. The number of amides is 1. The molecule has 0 unspecified atom stereocenters. The number of fused-ring (bicyclic) bond motifs is 1. The second-order valence-corrected chi connectivity index (χ2v) is 9.92. The van der Waals surface area contributed by atoms with E-state index in [1.54, 1.807) is 6.08 Å². The smallest absolute Gasteiger partial charge is 0.283 e. The minimum Gasteiger partial charge on any atom is -0.318 e. The average Bonchev–Trinajstić information content (AvgIpc) is 3.31. The SMILES string of the molecule is CCCCCC1=NN2C(=N)C(=Cc3cc(C)n(-c4ccc(C(C)C)cc4)c3C)C(=O)N=C2S1. The summed E-state index contributed by atoms with van der Waals surface area (Å²) in [5.41, 5.74) is 5.66. The topological polar surface area (TPSA) is 73.8 Å². The summed E-state index contributed by atoms with van der Waals surface area (Å²) in [5.74, 6) is 0.197. The van der Waals surface area contributed by atoms with Crippen LogP contribution in [0.25, 0.3) is 11.8 Å². The Hall–Kier alpha value is -2.93.